The van der Waals surface area contributed by atoms with Crippen molar-refractivity contribution in [2.75, 3.05) is 42.7 Å². The van der Waals surface area contributed by atoms with E-state index in [1.165, 1.54) is 54.8 Å². The fourth-order valence-corrected chi connectivity index (χ4v) is 3.37. The average molecular weight is 470 g/mol. The van der Waals surface area contributed by atoms with Gasteiger partial charge in [-0.25, -0.2) is 0 Å². The predicted octanol–water partition coefficient (Wildman–Crippen LogP) is 0.772. The number of hydrogen-bond donors (Lipinski definition) is 2. The lowest BCUT2D eigenvalue weighted by Gasteiger charge is -2.12. The zero-order chi connectivity index (χ0) is 24.8. The van der Waals surface area contributed by atoms with Gasteiger partial charge in [-0.2, -0.15) is 0 Å². The van der Waals surface area contributed by atoms with Crippen LogP contribution >= 0.6 is 0 Å². The highest BCUT2D eigenvalue weighted by atomic mass is 16.5. The summed E-state index contributed by atoms with van der Waals surface area (Å²) in [6.07, 6.45) is 2.98. The second-order valence-corrected chi connectivity index (χ2v) is 6.93. The first-order valence-corrected chi connectivity index (χ1v) is 10.0. The molecule has 0 atom stereocenters. The molecule has 0 spiro atoms. The number of rotatable bonds is 8. The van der Waals surface area contributed by atoms with Crippen LogP contribution in [0.4, 0.5) is 0 Å². The Morgan fingerprint density at radius 2 is 1.06 bits per heavy atom. The van der Waals surface area contributed by atoms with Gasteiger partial charge < -0.3 is 38.4 Å². The summed E-state index contributed by atoms with van der Waals surface area (Å²) in [4.78, 5) is 30.8. The first-order valence-electron chi connectivity index (χ1n) is 10.0. The van der Waals surface area contributed by atoms with E-state index in [-0.39, 0.29) is 10.7 Å². The third kappa shape index (κ3) is 4.85. The van der Waals surface area contributed by atoms with Crippen LogP contribution < -0.4 is 50.2 Å². The van der Waals surface area contributed by atoms with Crippen LogP contribution in [0.3, 0.4) is 0 Å². The van der Waals surface area contributed by atoms with Crippen molar-refractivity contribution in [3.8, 4) is 34.5 Å². The molecule has 10 nitrogen and oxygen atoms in total. The Kier molecular flexibility index (Phi) is 7.52. The molecule has 2 aromatic carbocycles. The molecule has 34 heavy (non-hydrogen) atoms. The lowest BCUT2D eigenvalue weighted by atomic mass is 10.1. The molecule has 2 N–H and O–H groups in total. The van der Waals surface area contributed by atoms with Crippen LogP contribution in [0.15, 0.2) is 33.9 Å². The van der Waals surface area contributed by atoms with Crippen molar-refractivity contribution in [1.29, 1.82) is 0 Å². The smallest absolute Gasteiger partial charge is 0.272 e. The Morgan fingerprint density at radius 1 is 0.588 bits per heavy atom. The molecule has 0 amide bonds. The lowest BCUT2D eigenvalue weighted by Crippen LogP contribution is -2.46. The second-order valence-electron chi connectivity index (χ2n) is 6.93. The predicted molar refractivity (Wildman–Crippen MR) is 126 cm³/mol. The Morgan fingerprint density at radius 3 is 1.47 bits per heavy atom. The number of H-pyrrole nitrogens is 2. The van der Waals surface area contributed by atoms with Gasteiger partial charge in [0.2, 0.25) is 5.75 Å². The van der Waals surface area contributed by atoms with Gasteiger partial charge in [-0.3, -0.25) is 9.59 Å². The fraction of sp³-hybridized carbons (Fsp3) is 0.250. The Hall–Kier alpha value is -4.34. The number of aromatic amines is 2. The van der Waals surface area contributed by atoms with E-state index in [0.717, 1.165) is 0 Å². The molecule has 0 bridgehead atoms. The van der Waals surface area contributed by atoms with Crippen LogP contribution in [-0.2, 0) is 0 Å². The number of hydrogen-bond acceptors (Lipinski definition) is 8. The SMILES string of the molecule is COc1cc(OC)c(/C=c2\[nH]c(=O)/c(=C/c3cc(OC)c(OC)c(OC)c3)[nH]c2=O)c(OC)c1. The minimum Gasteiger partial charge on any atom is -0.496 e. The van der Waals surface area contributed by atoms with E-state index in [0.29, 0.717) is 45.6 Å². The van der Waals surface area contributed by atoms with Gasteiger partial charge in [0, 0.05) is 12.1 Å². The molecular formula is C24H26N2O8. The maximum atomic E-state index is 12.8. The van der Waals surface area contributed by atoms with E-state index >= 15 is 0 Å². The van der Waals surface area contributed by atoms with Crippen molar-refractivity contribution in [3.63, 3.8) is 0 Å². The third-order valence-corrected chi connectivity index (χ3v) is 5.03. The zero-order valence-corrected chi connectivity index (χ0v) is 19.7. The number of aromatic nitrogens is 2. The topological polar surface area (TPSA) is 121 Å². The van der Waals surface area contributed by atoms with Crippen molar-refractivity contribution in [2.24, 2.45) is 0 Å². The molecule has 0 saturated heterocycles. The van der Waals surface area contributed by atoms with Crippen molar-refractivity contribution in [3.05, 3.63) is 66.8 Å². The maximum absolute atomic E-state index is 12.8. The highest BCUT2D eigenvalue weighted by Gasteiger charge is 2.13. The van der Waals surface area contributed by atoms with Crippen molar-refractivity contribution in [2.45, 2.75) is 0 Å². The summed E-state index contributed by atoms with van der Waals surface area (Å²) in [5.41, 5.74) is 0.00319. The molecule has 10 heteroatoms. The highest BCUT2D eigenvalue weighted by molar-refractivity contribution is 5.66. The van der Waals surface area contributed by atoms with E-state index in [9.17, 15) is 9.59 Å². The summed E-state index contributed by atoms with van der Waals surface area (Å²) in [5, 5.41) is 0.0684. The minimum absolute atomic E-state index is 0.0220. The quantitative estimate of drug-likeness (QED) is 0.495. The van der Waals surface area contributed by atoms with Gasteiger partial charge >= 0.3 is 0 Å². The zero-order valence-electron chi connectivity index (χ0n) is 19.7. The summed E-state index contributed by atoms with van der Waals surface area (Å²) >= 11 is 0. The van der Waals surface area contributed by atoms with E-state index in [2.05, 4.69) is 9.97 Å². The van der Waals surface area contributed by atoms with Crippen LogP contribution in [0, 0.1) is 0 Å². The Balaban J connectivity index is 2.19. The number of ether oxygens (including phenoxy) is 6. The van der Waals surface area contributed by atoms with Gasteiger partial charge in [-0.05, 0) is 29.8 Å². The molecule has 3 rings (SSSR count). The molecule has 180 valence electrons. The summed E-state index contributed by atoms with van der Waals surface area (Å²) in [6.45, 7) is 0. The molecule has 0 aliphatic heterocycles. The van der Waals surface area contributed by atoms with Gasteiger partial charge in [-0.1, -0.05) is 0 Å². The first-order chi connectivity index (χ1) is 16.4. The number of methoxy groups -OCH3 is 6. The largest absolute Gasteiger partial charge is 0.496 e. The van der Waals surface area contributed by atoms with Crippen LogP contribution in [0.1, 0.15) is 11.1 Å². The lowest BCUT2D eigenvalue weighted by molar-refractivity contribution is 0.324. The van der Waals surface area contributed by atoms with Crippen LogP contribution in [0.5, 0.6) is 34.5 Å². The van der Waals surface area contributed by atoms with E-state index in [4.69, 9.17) is 28.4 Å². The summed E-state index contributed by atoms with van der Waals surface area (Å²) in [6, 6.07) is 6.61. The van der Waals surface area contributed by atoms with Crippen molar-refractivity contribution >= 4 is 12.2 Å². The second kappa shape index (κ2) is 10.5. The van der Waals surface area contributed by atoms with E-state index in [1.54, 1.807) is 24.3 Å². The van der Waals surface area contributed by atoms with Crippen LogP contribution in [0.25, 0.3) is 12.2 Å². The molecular weight excluding hydrogens is 444 g/mol. The van der Waals surface area contributed by atoms with Crippen LogP contribution in [0.2, 0.25) is 0 Å². The summed E-state index contributed by atoms with van der Waals surface area (Å²) in [7, 11) is 8.95. The molecule has 0 unspecified atom stereocenters. The van der Waals surface area contributed by atoms with Crippen molar-refractivity contribution in [1.82, 2.24) is 9.97 Å². The van der Waals surface area contributed by atoms with Gasteiger partial charge in [0.1, 0.15) is 27.9 Å². The van der Waals surface area contributed by atoms with E-state index in [1.807, 2.05) is 0 Å². The molecule has 1 heterocycles. The number of nitrogens with one attached hydrogen (secondary N) is 2. The van der Waals surface area contributed by atoms with Gasteiger partial charge in [0.05, 0.1) is 48.2 Å². The van der Waals surface area contributed by atoms with E-state index < -0.39 is 11.1 Å². The molecule has 1 aromatic heterocycles. The maximum Gasteiger partial charge on any atom is 0.272 e. The third-order valence-electron chi connectivity index (χ3n) is 5.03. The normalized spacial score (nSPS) is 11.8. The molecule has 0 saturated carbocycles. The number of benzene rings is 2. The van der Waals surface area contributed by atoms with Gasteiger partial charge in [-0.15, -0.1) is 0 Å². The Bertz CT molecular complexity index is 1370. The van der Waals surface area contributed by atoms with Crippen molar-refractivity contribution < 1.29 is 28.4 Å². The fourth-order valence-electron chi connectivity index (χ4n) is 3.37. The average Bonchev–Trinajstić information content (AvgIpc) is 2.85. The first kappa shape index (κ1) is 24.3. The summed E-state index contributed by atoms with van der Waals surface area (Å²) in [5.74, 6) is 2.57. The minimum atomic E-state index is -0.516. The molecule has 0 radical (unpaired) electrons. The standard InChI is InChI=1S/C24H26N2O8/c1-29-14-10-18(30-2)15(19(11-14)31-3)12-17-24(28)25-16(23(27)26-17)7-13-8-20(32-4)22(34-6)21(9-13)33-5/h7-12H,1-6H3,(H,25,28)(H,26,27)/b16-7-,17-12-. The van der Waals surface area contributed by atoms with Gasteiger partial charge in [0.25, 0.3) is 11.1 Å². The molecule has 0 aliphatic carbocycles. The summed E-state index contributed by atoms with van der Waals surface area (Å²) < 4.78 is 32.0. The van der Waals surface area contributed by atoms with Gasteiger partial charge in [0.15, 0.2) is 11.5 Å². The molecule has 0 fully saturated rings. The van der Waals surface area contributed by atoms with Crippen LogP contribution in [-0.4, -0.2) is 52.6 Å². The Labute approximate surface area is 195 Å². The highest BCUT2D eigenvalue weighted by Crippen LogP contribution is 2.38. The molecule has 0 aliphatic rings. The monoisotopic (exact) mass is 470 g/mol. The molecule has 3 aromatic rings.